The van der Waals surface area contributed by atoms with Crippen LogP contribution in [0.5, 0.6) is 11.5 Å². The number of halogens is 2. The Morgan fingerprint density at radius 1 is 1.22 bits per heavy atom. The fourth-order valence-corrected chi connectivity index (χ4v) is 5.32. The fraction of sp³-hybridized carbons (Fsp3) is 0.269. The van der Waals surface area contributed by atoms with Crippen LogP contribution in [0, 0.1) is 0 Å². The van der Waals surface area contributed by atoms with Crippen molar-refractivity contribution in [3.63, 3.8) is 0 Å². The van der Waals surface area contributed by atoms with Crippen LogP contribution in [0.1, 0.15) is 31.0 Å². The number of thiazole rings is 1. The number of carbonyl (C=O) groups is 1. The van der Waals surface area contributed by atoms with Crippen LogP contribution in [0.2, 0.25) is 10.0 Å². The van der Waals surface area contributed by atoms with Crippen LogP contribution in [0.4, 0.5) is 0 Å². The van der Waals surface area contributed by atoms with Crippen molar-refractivity contribution in [1.82, 2.24) is 4.57 Å². The number of aromatic hydroxyl groups is 1. The van der Waals surface area contributed by atoms with Crippen molar-refractivity contribution >= 4 is 46.6 Å². The van der Waals surface area contributed by atoms with E-state index in [0.29, 0.717) is 37.8 Å². The summed E-state index contributed by atoms with van der Waals surface area (Å²) in [5.74, 6) is -0.540. The van der Waals surface area contributed by atoms with Crippen LogP contribution in [0.15, 0.2) is 57.5 Å². The van der Waals surface area contributed by atoms with Gasteiger partial charge in [-0.05, 0) is 55.3 Å². The molecule has 0 bridgehead atoms. The van der Waals surface area contributed by atoms with Gasteiger partial charge in [-0.2, -0.15) is 0 Å². The van der Waals surface area contributed by atoms with Crippen molar-refractivity contribution in [3.8, 4) is 11.5 Å². The number of rotatable bonds is 8. The third kappa shape index (κ3) is 5.60. The van der Waals surface area contributed by atoms with Crippen molar-refractivity contribution in [2.45, 2.75) is 19.9 Å². The average Bonchev–Trinajstić information content (AvgIpc) is 3.16. The molecule has 194 valence electrons. The van der Waals surface area contributed by atoms with E-state index >= 15 is 0 Å². The van der Waals surface area contributed by atoms with Gasteiger partial charge in [-0.15, -0.1) is 0 Å². The van der Waals surface area contributed by atoms with Crippen LogP contribution >= 0.6 is 34.5 Å². The molecule has 0 saturated carbocycles. The molecular formula is C26H24Cl2N2O6S. The molecule has 1 aromatic heterocycles. The standard InChI is InChI=1S/C26H24Cl2N2O6S/c1-4-35-19-12-15(11-18(28)23(19)31)13-20-24(32)30-22(16-5-7-17(27)8-6-16)21(14(2)29-26(30)37-20)25(33)36-10-9-34-3/h5-8,11-13,22,31H,4,9-10H2,1-3H3. The van der Waals surface area contributed by atoms with Gasteiger partial charge < -0.3 is 19.3 Å². The van der Waals surface area contributed by atoms with Gasteiger partial charge in [0, 0.05) is 12.1 Å². The number of benzene rings is 2. The summed E-state index contributed by atoms with van der Waals surface area (Å²) in [5.41, 5.74) is 1.59. The van der Waals surface area contributed by atoms with Crippen molar-refractivity contribution in [2.75, 3.05) is 26.9 Å². The van der Waals surface area contributed by atoms with Crippen molar-refractivity contribution in [1.29, 1.82) is 0 Å². The molecule has 2 heterocycles. The quantitative estimate of drug-likeness (QED) is 0.331. The van der Waals surface area contributed by atoms with Gasteiger partial charge in [0.25, 0.3) is 5.56 Å². The van der Waals surface area contributed by atoms with Gasteiger partial charge >= 0.3 is 5.97 Å². The van der Waals surface area contributed by atoms with E-state index in [4.69, 9.17) is 37.4 Å². The lowest BCUT2D eigenvalue weighted by Gasteiger charge is -2.24. The molecule has 1 aliphatic heterocycles. The predicted molar refractivity (Wildman–Crippen MR) is 142 cm³/mol. The topological polar surface area (TPSA) is 99.4 Å². The summed E-state index contributed by atoms with van der Waals surface area (Å²) in [7, 11) is 1.51. The van der Waals surface area contributed by atoms with Crippen LogP contribution < -0.4 is 19.6 Å². The van der Waals surface area contributed by atoms with Gasteiger partial charge in [0.2, 0.25) is 0 Å². The molecule has 1 N–H and O–H groups in total. The second-order valence-electron chi connectivity index (χ2n) is 8.04. The number of allylic oxidation sites excluding steroid dienone is 1. The molecule has 0 spiro atoms. The number of phenolic OH excluding ortho intramolecular Hbond substituents is 1. The van der Waals surface area contributed by atoms with Crippen molar-refractivity contribution in [3.05, 3.63) is 88.5 Å². The van der Waals surface area contributed by atoms with Gasteiger partial charge in [0.15, 0.2) is 16.3 Å². The summed E-state index contributed by atoms with van der Waals surface area (Å²) in [5, 5.41) is 10.8. The van der Waals surface area contributed by atoms with Gasteiger partial charge in [-0.1, -0.05) is 46.7 Å². The molecule has 0 saturated heterocycles. The number of hydrogen-bond acceptors (Lipinski definition) is 8. The smallest absolute Gasteiger partial charge is 0.338 e. The Hall–Kier alpha value is -3.11. The number of ether oxygens (including phenoxy) is 3. The molecule has 0 fully saturated rings. The minimum atomic E-state index is -0.770. The minimum absolute atomic E-state index is 0.0631. The van der Waals surface area contributed by atoms with Crippen molar-refractivity contribution < 1.29 is 24.1 Å². The lowest BCUT2D eigenvalue weighted by atomic mass is 9.96. The molecule has 4 rings (SSSR count). The maximum absolute atomic E-state index is 13.7. The van der Waals surface area contributed by atoms with E-state index in [1.807, 2.05) is 0 Å². The van der Waals surface area contributed by atoms with Crippen LogP contribution in [-0.4, -0.2) is 42.6 Å². The van der Waals surface area contributed by atoms with Crippen molar-refractivity contribution in [2.24, 2.45) is 4.99 Å². The maximum Gasteiger partial charge on any atom is 0.338 e. The first-order valence-corrected chi connectivity index (χ1v) is 12.9. The summed E-state index contributed by atoms with van der Waals surface area (Å²) in [6, 6.07) is 9.29. The molecule has 37 heavy (non-hydrogen) atoms. The highest BCUT2D eigenvalue weighted by Crippen LogP contribution is 2.35. The van der Waals surface area contributed by atoms with E-state index in [9.17, 15) is 14.7 Å². The third-order valence-electron chi connectivity index (χ3n) is 5.60. The van der Waals surface area contributed by atoms with E-state index < -0.39 is 12.0 Å². The Kier molecular flexibility index (Phi) is 8.39. The number of hydrogen-bond donors (Lipinski definition) is 1. The van der Waals surface area contributed by atoms with E-state index in [0.717, 1.165) is 0 Å². The van der Waals surface area contributed by atoms with Gasteiger partial charge in [0.1, 0.15) is 6.61 Å². The first-order valence-electron chi connectivity index (χ1n) is 11.3. The van der Waals surface area contributed by atoms with Crippen LogP contribution in [0.25, 0.3) is 6.08 Å². The van der Waals surface area contributed by atoms with Crippen LogP contribution in [-0.2, 0) is 14.3 Å². The van der Waals surface area contributed by atoms with Gasteiger partial charge in [0.05, 0.1) is 40.1 Å². The number of methoxy groups -OCH3 is 1. The fourth-order valence-electron chi connectivity index (χ4n) is 3.93. The molecule has 8 nitrogen and oxygen atoms in total. The highest BCUT2D eigenvalue weighted by Gasteiger charge is 2.33. The molecule has 1 unspecified atom stereocenters. The summed E-state index contributed by atoms with van der Waals surface area (Å²) in [6.45, 7) is 4.13. The van der Waals surface area contributed by atoms with Crippen LogP contribution in [0.3, 0.4) is 0 Å². The number of carbonyl (C=O) groups excluding carboxylic acids is 1. The normalized spacial score (nSPS) is 15.4. The molecule has 2 aromatic carbocycles. The minimum Gasteiger partial charge on any atom is -0.503 e. The average molecular weight is 563 g/mol. The first kappa shape index (κ1) is 26.9. The Bertz CT molecular complexity index is 1540. The van der Waals surface area contributed by atoms with E-state index in [2.05, 4.69) is 4.99 Å². The zero-order valence-electron chi connectivity index (χ0n) is 20.3. The molecule has 0 amide bonds. The maximum atomic E-state index is 13.7. The SMILES string of the molecule is CCOc1cc(C=c2sc3n(c2=O)C(c2ccc(Cl)cc2)C(C(=O)OCCOC)=C(C)N=3)cc(Cl)c1O. The molecule has 11 heteroatoms. The number of fused-ring (bicyclic) bond motifs is 1. The molecule has 0 radical (unpaired) electrons. The molecular weight excluding hydrogens is 539 g/mol. The predicted octanol–water partition coefficient (Wildman–Crippen LogP) is 3.84. The third-order valence-corrected chi connectivity index (χ3v) is 7.12. The Labute approximate surface area is 226 Å². The summed E-state index contributed by atoms with van der Waals surface area (Å²) in [4.78, 5) is 31.8. The Morgan fingerprint density at radius 3 is 2.62 bits per heavy atom. The van der Waals surface area contributed by atoms with Gasteiger partial charge in [-0.3, -0.25) is 9.36 Å². The highest BCUT2D eigenvalue weighted by molar-refractivity contribution is 7.07. The second-order valence-corrected chi connectivity index (χ2v) is 9.90. The second kappa shape index (κ2) is 11.5. The Morgan fingerprint density at radius 2 is 1.95 bits per heavy atom. The molecule has 3 aromatic rings. The largest absolute Gasteiger partial charge is 0.503 e. The van der Waals surface area contributed by atoms with E-state index in [-0.39, 0.29) is 40.9 Å². The number of aromatic nitrogens is 1. The highest BCUT2D eigenvalue weighted by atomic mass is 35.5. The number of nitrogens with zero attached hydrogens (tertiary/aromatic N) is 2. The lowest BCUT2D eigenvalue weighted by molar-refractivity contribution is -0.140. The number of esters is 1. The number of phenols is 1. The summed E-state index contributed by atoms with van der Waals surface area (Å²) < 4.78 is 17.7. The van der Waals surface area contributed by atoms with E-state index in [1.54, 1.807) is 50.3 Å². The Balaban J connectivity index is 1.88. The first-order chi connectivity index (χ1) is 17.7. The molecule has 0 aliphatic carbocycles. The lowest BCUT2D eigenvalue weighted by Crippen LogP contribution is -2.40. The monoisotopic (exact) mass is 562 g/mol. The zero-order chi connectivity index (χ0) is 26.7. The zero-order valence-corrected chi connectivity index (χ0v) is 22.6. The summed E-state index contributed by atoms with van der Waals surface area (Å²) >= 11 is 13.5. The van der Waals surface area contributed by atoms with Gasteiger partial charge in [-0.25, -0.2) is 9.79 Å². The molecule has 1 atom stereocenters. The molecule has 1 aliphatic rings. The summed E-state index contributed by atoms with van der Waals surface area (Å²) in [6.07, 6.45) is 1.65. The van der Waals surface area contributed by atoms with E-state index in [1.165, 1.54) is 29.1 Å².